The van der Waals surface area contributed by atoms with Gasteiger partial charge in [0, 0.05) is 12.6 Å². The summed E-state index contributed by atoms with van der Waals surface area (Å²) in [6.07, 6.45) is -1.87. The monoisotopic (exact) mass is 210 g/mol. The van der Waals surface area contributed by atoms with Crippen LogP contribution in [0.15, 0.2) is 0 Å². The van der Waals surface area contributed by atoms with Crippen molar-refractivity contribution in [3.8, 4) is 0 Å². The van der Waals surface area contributed by atoms with E-state index in [1.54, 1.807) is 0 Å². The maximum Gasteiger partial charge on any atom is 0.401 e. The Morgan fingerprint density at radius 1 is 1.43 bits per heavy atom. The van der Waals surface area contributed by atoms with Crippen molar-refractivity contribution in [2.75, 3.05) is 19.6 Å². The second-order valence-corrected chi connectivity index (χ2v) is 3.93. The molecular formula is C9H17F3N2. The lowest BCUT2D eigenvalue weighted by molar-refractivity contribution is -0.125. The molecule has 1 saturated heterocycles. The number of rotatable bonds is 3. The van der Waals surface area contributed by atoms with Gasteiger partial charge in [-0.15, -0.1) is 0 Å². The minimum absolute atomic E-state index is 0.186. The van der Waals surface area contributed by atoms with Crippen LogP contribution in [0.25, 0.3) is 0 Å². The molecule has 0 saturated carbocycles. The average Bonchev–Trinajstić information content (AvgIpc) is 2.06. The average molecular weight is 210 g/mol. The van der Waals surface area contributed by atoms with Crippen LogP contribution in [0.3, 0.4) is 0 Å². The van der Waals surface area contributed by atoms with Gasteiger partial charge in [-0.1, -0.05) is 6.92 Å². The third kappa shape index (κ3) is 4.28. The fourth-order valence-electron chi connectivity index (χ4n) is 1.76. The predicted molar refractivity (Wildman–Crippen MR) is 49.1 cm³/mol. The van der Waals surface area contributed by atoms with Gasteiger partial charge >= 0.3 is 6.18 Å². The van der Waals surface area contributed by atoms with Crippen LogP contribution >= 0.6 is 0 Å². The molecule has 0 bridgehead atoms. The third-order valence-corrected chi connectivity index (χ3v) is 2.62. The van der Waals surface area contributed by atoms with Gasteiger partial charge in [0.2, 0.25) is 0 Å². The Bertz CT molecular complexity index is 170. The van der Waals surface area contributed by atoms with Crippen LogP contribution in [0.5, 0.6) is 0 Å². The lowest BCUT2D eigenvalue weighted by atomic mass is 9.93. The van der Waals surface area contributed by atoms with Gasteiger partial charge in [0.15, 0.2) is 0 Å². The molecule has 1 fully saturated rings. The summed E-state index contributed by atoms with van der Waals surface area (Å²) in [5.41, 5.74) is 0. The summed E-state index contributed by atoms with van der Waals surface area (Å²) in [7, 11) is 0. The van der Waals surface area contributed by atoms with Crippen LogP contribution in [-0.4, -0.2) is 31.9 Å². The largest absolute Gasteiger partial charge is 0.401 e. The van der Waals surface area contributed by atoms with E-state index in [4.69, 9.17) is 0 Å². The first kappa shape index (κ1) is 11.8. The zero-order chi connectivity index (χ0) is 10.6. The number of nitrogens with one attached hydrogen (secondary N) is 2. The van der Waals surface area contributed by atoms with Crippen LogP contribution in [0, 0.1) is 5.92 Å². The quantitative estimate of drug-likeness (QED) is 0.738. The van der Waals surface area contributed by atoms with Gasteiger partial charge in [-0.05, 0) is 25.3 Å². The Kier molecular flexibility index (Phi) is 4.19. The van der Waals surface area contributed by atoms with Crippen molar-refractivity contribution < 1.29 is 13.2 Å². The van der Waals surface area contributed by atoms with Crippen LogP contribution < -0.4 is 10.6 Å². The highest BCUT2D eigenvalue weighted by Gasteiger charge is 2.27. The molecule has 2 unspecified atom stereocenters. The van der Waals surface area contributed by atoms with Crippen molar-refractivity contribution in [1.82, 2.24) is 10.6 Å². The number of piperidine rings is 1. The number of halogens is 3. The Hall–Kier alpha value is -0.290. The van der Waals surface area contributed by atoms with Crippen LogP contribution in [0.1, 0.15) is 19.8 Å². The molecule has 1 heterocycles. The smallest absolute Gasteiger partial charge is 0.312 e. The van der Waals surface area contributed by atoms with E-state index in [-0.39, 0.29) is 6.04 Å². The van der Waals surface area contributed by atoms with Crippen LogP contribution in [-0.2, 0) is 0 Å². The van der Waals surface area contributed by atoms with Gasteiger partial charge < -0.3 is 10.6 Å². The highest BCUT2D eigenvalue weighted by molar-refractivity contribution is 4.80. The predicted octanol–water partition coefficient (Wildman–Crippen LogP) is 1.53. The van der Waals surface area contributed by atoms with Crippen molar-refractivity contribution in [2.45, 2.75) is 32.0 Å². The van der Waals surface area contributed by atoms with Crippen molar-refractivity contribution in [2.24, 2.45) is 5.92 Å². The van der Waals surface area contributed by atoms with Gasteiger partial charge in [-0.3, -0.25) is 0 Å². The minimum Gasteiger partial charge on any atom is -0.312 e. The Balaban J connectivity index is 2.17. The van der Waals surface area contributed by atoms with Gasteiger partial charge in [0.1, 0.15) is 0 Å². The molecule has 1 rings (SSSR count). The molecule has 1 aliphatic heterocycles. The minimum atomic E-state index is -4.10. The highest BCUT2D eigenvalue weighted by atomic mass is 19.4. The highest BCUT2D eigenvalue weighted by Crippen LogP contribution is 2.16. The van der Waals surface area contributed by atoms with E-state index in [9.17, 15) is 13.2 Å². The summed E-state index contributed by atoms with van der Waals surface area (Å²) in [5, 5.41) is 5.66. The number of hydrogen-bond acceptors (Lipinski definition) is 2. The van der Waals surface area contributed by atoms with E-state index in [2.05, 4.69) is 17.6 Å². The molecule has 2 N–H and O–H groups in total. The summed E-state index contributed by atoms with van der Waals surface area (Å²) < 4.78 is 35.5. The summed E-state index contributed by atoms with van der Waals surface area (Å²) in [6.45, 7) is 2.51. The zero-order valence-corrected chi connectivity index (χ0v) is 8.32. The molecule has 0 spiro atoms. The number of hydrogen-bond donors (Lipinski definition) is 2. The molecule has 14 heavy (non-hydrogen) atoms. The third-order valence-electron chi connectivity index (χ3n) is 2.62. The first-order chi connectivity index (χ1) is 6.49. The molecule has 1 aliphatic rings. The van der Waals surface area contributed by atoms with Crippen molar-refractivity contribution in [1.29, 1.82) is 0 Å². The molecule has 84 valence electrons. The van der Waals surface area contributed by atoms with Crippen molar-refractivity contribution in [3.63, 3.8) is 0 Å². The fourth-order valence-corrected chi connectivity index (χ4v) is 1.76. The molecule has 0 aromatic carbocycles. The van der Waals surface area contributed by atoms with E-state index in [1.807, 2.05) is 0 Å². The zero-order valence-electron chi connectivity index (χ0n) is 8.32. The molecule has 5 heteroatoms. The van der Waals surface area contributed by atoms with Crippen LogP contribution in [0.4, 0.5) is 13.2 Å². The molecule has 0 aromatic heterocycles. The Labute approximate surface area is 82.2 Å². The second kappa shape index (κ2) is 4.98. The molecule has 2 atom stereocenters. The molecule has 0 aliphatic carbocycles. The lowest BCUT2D eigenvalue weighted by Crippen LogP contribution is -2.48. The fraction of sp³-hybridized carbons (Fsp3) is 1.00. The summed E-state index contributed by atoms with van der Waals surface area (Å²) >= 11 is 0. The number of alkyl halides is 3. The van der Waals surface area contributed by atoms with E-state index < -0.39 is 12.7 Å². The first-order valence-electron chi connectivity index (χ1n) is 5.00. The van der Waals surface area contributed by atoms with Gasteiger partial charge in [-0.2, -0.15) is 13.2 Å². The van der Waals surface area contributed by atoms with Crippen LogP contribution in [0.2, 0.25) is 0 Å². The Morgan fingerprint density at radius 3 is 2.71 bits per heavy atom. The lowest BCUT2D eigenvalue weighted by Gasteiger charge is -2.30. The molecular weight excluding hydrogens is 193 g/mol. The van der Waals surface area contributed by atoms with Crippen molar-refractivity contribution >= 4 is 0 Å². The second-order valence-electron chi connectivity index (χ2n) is 3.93. The normalized spacial score (nSPS) is 29.1. The molecule has 0 radical (unpaired) electrons. The van der Waals surface area contributed by atoms with E-state index in [1.165, 1.54) is 0 Å². The SMILES string of the molecule is CC1CCCNC1CNCC(F)(F)F. The molecule has 0 aromatic rings. The summed E-state index contributed by atoms with van der Waals surface area (Å²) in [4.78, 5) is 0. The molecule has 0 amide bonds. The molecule has 2 nitrogen and oxygen atoms in total. The maximum atomic E-state index is 11.8. The van der Waals surface area contributed by atoms with Gasteiger partial charge in [0.05, 0.1) is 6.54 Å². The maximum absolute atomic E-state index is 11.8. The van der Waals surface area contributed by atoms with E-state index in [0.717, 1.165) is 19.4 Å². The van der Waals surface area contributed by atoms with Gasteiger partial charge in [-0.25, -0.2) is 0 Å². The van der Waals surface area contributed by atoms with E-state index >= 15 is 0 Å². The first-order valence-corrected chi connectivity index (χ1v) is 5.00. The van der Waals surface area contributed by atoms with Crippen molar-refractivity contribution in [3.05, 3.63) is 0 Å². The van der Waals surface area contributed by atoms with E-state index in [0.29, 0.717) is 12.5 Å². The summed E-state index contributed by atoms with van der Waals surface area (Å²) in [5.74, 6) is 0.462. The van der Waals surface area contributed by atoms with Gasteiger partial charge in [0.25, 0.3) is 0 Å². The topological polar surface area (TPSA) is 24.1 Å². The summed E-state index contributed by atoms with van der Waals surface area (Å²) in [6, 6.07) is 0.186. The standard InChI is InChI=1S/C9H17F3N2/c1-7-3-2-4-14-8(7)5-13-6-9(10,11)12/h7-8,13-14H,2-6H2,1H3. The Morgan fingerprint density at radius 2 is 2.14 bits per heavy atom.